The summed E-state index contributed by atoms with van der Waals surface area (Å²) in [6.07, 6.45) is 2.69. The Kier molecular flexibility index (Phi) is 5.39. The Morgan fingerprint density at radius 1 is 1.33 bits per heavy atom. The lowest BCUT2D eigenvalue weighted by molar-refractivity contribution is 0.0706. The zero-order valence-corrected chi connectivity index (χ0v) is 13.5. The predicted molar refractivity (Wildman–Crippen MR) is 86.9 cm³/mol. The molecule has 0 aliphatic carbocycles. The third-order valence-electron chi connectivity index (χ3n) is 4.48. The summed E-state index contributed by atoms with van der Waals surface area (Å²) in [5.41, 5.74) is 2.15. The minimum absolute atomic E-state index is 0.196. The Labute approximate surface area is 129 Å². The van der Waals surface area contributed by atoms with Crippen molar-refractivity contribution in [2.75, 3.05) is 19.6 Å². The van der Waals surface area contributed by atoms with E-state index < -0.39 is 0 Å². The van der Waals surface area contributed by atoms with Crippen LogP contribution in [0.5, 0.6) is 0 Å². The first-order valence-corrected chi connectivity index (χ1v) is 7.96. The van der Waals surface area contributed by atoms with Crippen molar-refractivity contribution in [1.29, 1.82) is 5.26 Å². The van der Waals surface area contributed by atoms with Crippen LogP contribution in [-0.4, -0.2) is 30.1 Å². The third-order valence-corrected chi connectivity index (χ3v) is 4.48. The van der Waals surface area contributed by atoms with Crippen molar-refractivity contribution in [2.24, 2.45) is 5.92 Å². The average molecular weight is 285 g/mol. The van der Waals surface area contributed by atoms with Gasteiger partial charge in [0.1, 0.15) is 0 Å². The number of nitrogens with one attached hydrogen (secondary N) is 1. The molecule has 1 saturated heterocycles. The summed E-state index contributed by atoms with van der Waals surface area (Å²) in [5.74, 6) is 0.816. The van der Waals surface area contributed by atoms with Crippen molar-refractivity contribution in [2.45, 2.75) is 45.7 Å². The molecule has 21 heavy (non-hydrogen) atoms. The monoisotopic (exact) mass is 285 g/mol. The van der Waals surface area contributed by atoms with Gasteiger partial charge in [-0.1, -0.05) is 19.1 Å². The van der Waals surface area contributed by atoms with Gasteiger partial charge in [0.25, 0.3) is 0 Å². The molecule has 0 amide bonds. The standard InChI is InChI=1S/C18H27N3/c1-15-5-4-10-21(13-15)18(2,3)14-20-12-17-8-6-16(11-19)7-9-17/h6-9,15,20H,4-5,10,12-14H2,1-3H3. The number of nitrogens with zero attached hydrogens (tertiary/aromatic N) is 2. The van der Waals surface area contributed by atoms with Crippen LogP contribution in [0, 0.1) is 17.2 Å². The highest BCUT2D eigenvalue weighted by atomic mass is 15.2. The van der Waals surface area contributed by atoms with E-state index in [0.29, 0.717) is 0 Å². The maximum absolute atomic E-state index is 8.81. The van der Waals surface area contributed by atoms with Crippen LogP contribution in [0.25, 0.3) is 0 Å². The van der Waals surface area contributed by atoms with E-state index in [9.17, 15) is 0 Å². The van der Waals surface area contributed by atoms with E-state index in [-0.39, 0.29) is 5.54 Å². The second kappa shape index (κ2) is 7.06. The van der Waals surface area contributed by atoms with Gasteiger partial charge in [-0.2, -0.15) is 5.26 Å². The Morgan fingerprint density at radius 2 is 2.05 bits per heavy atom. The van der Waals surface area contributed by atoms with Crippen molar-refractivity contribution in [3.63, 3.8) is 0 Å². The second-order valence-electron chi connectivity index (χ2n) is 6.92. The Morgan fingerprint density at radius 3 is 2.67 bits per heavy atom. The summed E-state index contributed by atoms with van der Waals surface area (Å²) in [5, 5.41) is 12.4. The molecular weight excluding hydrogens is 258 g/mol. The van der Waals surface area contributed by atoms with Crippen molar-refractivity contribution in [3.8, 4) is 6.07 Å². The van der Waals surface area contributed by atoms with Gasteiger partial charge >= 0.3 is 0 Å². The van der Waals surface area contributed by atoms with Crippen LogP contribution >= 0.6 is 0 Å². The van der Waals surface area contributed by atoms with Crippen LogP contribution in [-0.2, 0) is 6.54 Å². The summed E-state index contributed by atoms with van der Waals surface area (Å²) in [6.45, 7) is 11.3. The molecule has 114 valence electrons. The first kappa shape index (κ1) is 16.0. The van der Waals surface area contributed by atoms with E-state index in [0.717, 1.165) is 24.6 Å². The Hall–Kier alpha value is -1.37. The molecule has 1 N–H and O–H groups in total. The predicted octanol–water partition coefficient (Wildman–Crippen LogP) is 3.16. The maximum atomic E-state index is 8.81. The summed E-state index contributed by atoms with van der Waals surface area (Å²) >= 11 is 0. The van der Waals surface area contributed by atoms with Crippen LogP contribution in [0.15, 0.2) is 24.3 Å². The van der Waals surface area contributed by atoms with Gasteiger partial charge in [-0.15, -0.1) is 0 Å². The summed E-state index contributed by atoms with van der Waals surface area (Å²) in [4.78, 5) is 2.62. The fourth-order valence-corrected chi connectivity index (χ4v) is 3.06. The smallest absolute Gasteiger partial charge is 0.0991 e. The molecule has 3 nitrogen and oxygen atoms in total. The highest BCUT2D eigenvalue weighted by Crippen LogP contribution is 2.23. The Bertz CT molecular complexity index is 484. The fourth-order valence-electron chi connectivity index (χ4n) is 3.06. The van der Waals surface area contributed by atoms with E-state index >= 15 is 0 Å². The molecule has 0 bridgehead atoms. The van der Waals surface area contributed by atoms with Gasteiger partial charge in [-0.3, -0.25) is 4.90 Å². The number of piperidine rings is 1. The van der Waals surface area contributed by atoms with Crippen LogP contribution in [0.2, 0.25) is 0 Å². The van der Waals surface area contributed by atoms with Gasteiger partial charge in [0.15, 0.2) is 0 Å². The Balaban J connectivity index is 1.82. The molecule has 1 heterocycles. The number of likely N-dealkylation sites (tertiary alicyclic amines) is 1. The minimum atomic E-state index is 0.196. The lowest BCUT2D eigenvalue weighted by Gasteiger charge is -2.43. The first-order chi connectivity index (χ1) is 10.0. The van der Waals surface area contributed by atoms with Gasteiger partial charge in [0.05, 0.1) is 11.6 Å². The zero-order valence-electron chi connectivity index (χ0n) is 13.5. The number of hydrogen-bond acceptors (Lipinski definition) is 3. The molecule has 1 aliphatic rings. The fraction of sp³-hybridized carbons (Fsp3) is 0.611. The van der Waals surface area contributed by atoms with E-state index in [2.05, 4.69) is 37.1 Å². The van der Waals surface area contributed by atoms with E-state index in [1.807, 2.05) is 24.3 Å². The van der Waals surface area contributed by atoms with Crippen molar-refractivity contribution < 1.29 is 0 Å². The maximum Gasteiger partial charge on any atom is 0.0991 e. The molecule has 0 radical (unpaired) electrons. The second-order valence-corrected chi connectivity index (χ2v) is 6.92. The average Bonchev–Trinajstić information content (AvgIpc) is 2.48. The van der Waals surface area contributed by atoms with E-state index in [1.54, 1.807) is 0 Å². The molecule has 0 aromatic heterocycles. The SMILES string of the molecule is CC1CCCN(C(C)(C)CNCc2ccc(C#N)cc2)C1. The first-order valence-electron chi connectivity index (χ1n) is 7.96. The molecular formula is C18H27N3. The molecule has 1 unspecified atom stereocenters. The molecule has 1 aromatic rings. The topological polar surface area (TPSA) is 39.1 Å². The number of benzene rings is 1. The third kappa shape index (κ3) is 4.56. The van der Waals surface area contributed by atoms with Crippen LogP contribution in [0.4, 0.5) is 0 Å². The molecule has 1 aromatic carbocycles. The normalized spacial score (nSPS) is 20.2. The molecule has 0 saturated carbocycles. The largest absolute Gasteiger partial charge is 0.311 e. The minimum Gasteiger partial charge on any atom is -0.311 e. The molecule has 1 aliphatic heterocycles. The number of rotatable bonds is 5. The number of hydrogen-bond donors (Lipinski definition) is 1. The molecule has 1 fully saturated rings. The van der Waals surface area contributed by atoms with Gasteiger partial charge in [-0.05, 0) is 56.8 Å². The lowest BCUT2D eigenvalue weighted by Crippen LogP contribution is -2.53. The molecule has 3 heteroatoms. The highest BCUT2D eigenvalue weighted by Gasteiger charge is 2.29. The van der Waals surface area contributed by atoms with Crippen molar-refractivity contribution in [1.82, 2.24) is 10.2 Å². The van der Waals surface area contributed by atoms with Crippen molar-refractivity contribution >= 4 is 0 Å². The van der Waals surface area contributed by atoms with E-state index in [4.69, 9.17) is 5.26 Å². The van der Waals surface area contributed by atoms with Crippen LogP contribution in [0.1, 0.15) is 44.7 Å². The summed E-state index contributed by atoms with van der Waals surface area (Å²) in [7, 11) is 0. The zero-order chi connectivity index (χ0) is 15.3. The van der Waals surface area contributed by atoms with E-state index in [1.165, 1.54) is 31.5 Å². The van der Waals surface area contributed by atoms with Gasteiger partial charge in [-0.25, -0.2) is 0 Å². The van der Waals surface area contributed by atoms with Gasteiger partial charge < -0.3 is 5.32 Å². The van der Waals surface area contributed by atoms with Crippen LogP contribution < -0.4 is 5.32 Å². The lowest BCUT2D eigenvalue weighted by atomic mass is 9.93. The molecule has 1 atom stereocenters. The molecule has 0 spiro atoms. The van der Waals surface area contributed by atoms with Gasteiger partial charge in [0, 0.05) is 25.2 Å². The molecule has 2 rings (SSSR count). The van der Waals surface area contributed by atoms with Gasteiger partial charge in [0.2, 0.25) is 0 Å². The van der Waals surface area contributed by atoms with Crippen molar-refractivity contribution in [3.05, 3.63) is 35.4 Å². The van der Waals surface area contributed by atoms with Crippen LogP contribution in [0.3, 0.4) is 0 Å². The number of nitriles is 1. The quantitative estimate of drug-likeness (QED) is 0.903. The summed E-state index contributed by atoms with van der Waals surface area (Å²) in [6, 6.07) is 9.98. The summed E-state index contributed by atoms with van der Waals surface area (Å²) < 4.78 is 0. The highest BCUT2D eigenvalue weighted by molar-refractivity contribution is 5.31.